The highest BCUT2D eigenvalue weighted by molar-refractivity contribution is 7.99. The van der Waals surface area contributed by atoms with E-state index in [4.69, 9.17) is 5.73 Å². The number of anilines is 1. The van der Waals surface area contributed by atoms with E-state index in [9.17, 15) is 13.2 Å². The summed E-state index contributed by atoms with van der Waals surface area (Å²) in [5, 5.41) is 4.76. The van der Waals surface area contributed by atoms with Gasteiger partial charge >= 0.3 is 0 Å². The summed E-state index contributed by atoms with van der Waals surface area (Å²) in [4.78, 5) is 19.6. The van der Waals surface area contributed by atoms with Crippen LogP contribution in [0, 0.1) is 0 Å². The van der Waals surface area contributed by atoms with Crippen LogP contribution in [0.1, 0.15) is 20.3 Å². The Kier molecular flexibility index (Phi) is 6.19. The lowest BCUT2D eigenvalue weighted by Crippen LogP contribution is -2.33. The zero-order chi connectivity index (χ0) is 17.7. The van der Waals surface area contributed by atoms with E-state index in [2.05, 4.69) is 15.3 Å². The van der Waals surface area contributed by atoms with E-state index in [1.165, 1.54) is 12.3 Å². The molecule has 24 heavy (non-hydrogen) atoms. The smallest absolute Gasteiger partial charge is 0.230 e. The lowest BCUT2D eigenvalue weighted by atomic mass is 10.3. The van der Waals surface area contributed by atoms with Gasteiger partial charge in [-0.15, -0.1) is 11.3 Å². The van der Waals surface area contributed by atoms with E-state index in [1.54, 1.807) is 11.4 Å². The number of hydrogen-bond acceptors (Lipinski definition) is 8. The van der Waals surface area contributed by atoms with Crippen LogP contribution in [-0.4, -0.2) is 36.1 Å². The first-order valence-corrected chi connectivity index (χ1v) is 10.5. The Morgan fingerprint density at radius 3 is 2.83 bits per heavy atom. The molecule has 0 radical (unpaired) electrons. The molecule has 0 saturated carbocycles. The van der Waals surface area contributed by atoms with Crippen molar-refractivity contribution < 1.29 is 13.2 Å². The molecule has 0 bridgehead atoms. The number of aromatic nitrogens is 2. The molecule has 0 aliphatic heterocycles. The molecule has 2 aromatic rings. The quantitative estimate of drug-likeness (QED) is 0.552. The monoisotopic (exact) mass is 386 g/mol. The molecule has 0 spiro atoms. The molecule has 0 aliphatic rings. The largest absolute Gasteiger partial charge is 0.382 e. The fraction of sp³-hybridized carbons (Fsp3) is 0.357. The summed E-state index contributed by atoms with van der Waals surface area (Å²) in [6.07, 6.45) is 2.03. The second-order valence-corrected chi connectivity index (χ2v) is 9.04. The number of amides is 1. The van der Waals surface area contributed by atoms with E-state index >= 15 is 0 Å². The van der Waals surface area contributed by atoms with Gasteiger partial charge in [-0.3, -0.25) is 4.79 Å². The summed E-state index contributed by atoms with van der Waals surface area (Å²) in [5.41, 5.74) is 5.78. The third-order valence-electron chi connectivity index (χ3n) is 3.16. The van der Waals surface area contributed by atoms with Gasteiger partial charge in [-0.25, -0.2) is 18.4 Å². The lowest BCUT2D eigenvalue weighted by Gasteiger charge is -2.11. The van der Waals surface area contributed by atoms with Crippen LogP contribution in [-0.2, 0) is 14.6 Å². The van der Waals surface area contributed by atoms with Crippen molar-refractivity contribution in [3.05, 3.63) is 23.7 Å². The average molecular weight is 387 g/mol. The highest BCUT2D eigenvalue weighted by Crippen LogP contribution is 2.28. The van der Waals surface area contributed by atoms with Gasteiger partial charge in [0.05, 0.1) is 11.9 Å². The van der Waals surface area contributed by atoms with Crippen molar-refractivity contribution in [2.24, 2.45) is 0 Å². The van der Waals surface area contributed by atoms with Crippen LogP contribution in [0.2, 0.25) is 0 Å². The Labute approximate surface area is 149 Å². The minimum absolute atomic E-state index is 0.0994. The summed E-state index contributed by atoms with van der Waals surface area (Å²) < 4.78 is 25.0. The fourth-order valence-electron chi connectivity index (χ4n) is 1.72. The molecule has 0 aliphatic carbocycles. The third-order valence-corrected chi connectivity index (χ3v) is 7.19. The van der Waals surface area contributed by atoms with E-state index < -0.39 is 9.84 Å². The number of carbonyl (C=O) groups excluding carboxylic acids is 1. The SMILES string of the molecule is CC[C@@H](C)NC(=O)CSc1ncc(S(=O)(=O)c2cccs2)c(N)n1. The predicted octanol–water partition coefficient (Wildman–Crippen LogP) is 1.96. The van der Waals surface area contributed by atoms with Crippen LogP contribution in [0.3, 0.4) is 0 Å². The number of thiophene rings is 1. The van der Waals surface area contributed by atoms with Crippen LogP contribution in [0.15, 0.2) is 38.0 Å². The zero-order valence-electron chi connectivity index (χ0n) is 13.2. The van der Waals surface area contributed by atoms with Crippen LogP contribution >= 0.6 is 23.1 Å². The van der Waals surface area contributed by atoms with Gasteiger partial charge in [0, 0.05) is 6.04 Å². The third kappa shape index (κ3) is 4.46. The second kappa shape index (κ2) is 7.95. The van der Waals surface area contributed by atoms with Crippen molar-refractivity contribution in [3.63, 3.8) is 0 Å². The van der Waals surface area contributed by atoms with Crippen LogP contribution < -0.4 is 11.1 Å². The highest BCUT2D eigenvalue weighted by Gasteiger charge is 2.23. The number of sulfone groups is 1. The highest BCUT2D eigenvalue weighted by atomic mass is 32.2. The van der Waals surface area contributed by atoms with Gasteiger partial charge in [-0.2, -0.15) is 0 Å². The molecule has 10 heteroatoms. The number of carbonyl (C=O) groups is 1. The van der Waals surface area contributed by atoms with Crippen LogP contribution in [0.5, 0.6) is 0 Å². The number of rotatable bonds is 7. The van der Waals surface area contributed by atoms with Gasteiger partial charge in [-0.05, 0) is 24.8 Å². The van der Waals surface area contributed by atoms with Crippen LogP contribution in [0.4, 0.5) is 5.82 Å². The maximum atomic E-state index is 12.4. The van der Waals surface area contributed by atoms with E-state index in [-0.39, 0.29) is 37.8 Å². The summed E-state index contributed by atoms with van der Waals surface area (Å²) >= 11 is 2.21. The molecule has 0 unspecified atom stereocenters. The fourth-order valence-corrected chi connectivity index (χ4v) is 4.73. The Morgan fingerprint density at radius 1 is 1.50 bits per heavy atom. The minimum Gasteiger partial charge on any atom is -0.382 e. The molecule has 0 saturated heterocycles. The van der Waals surface area contributed by atoms with Gasteiger partial charge in [0.1, 0.15) is 14.9 Å². The molecule has 0 aromatic carbocycles. The standard InChI is InChI=1S/C14H18N4O3S3/c1-3-9(2)17-11(19)8-23-14-16-7-10(13(15)18-14)24(20,21)12-5-4-6-22-12/h4-7,9H,3,8H2,1-2H3,(H,17,19)(H2,15,16,18)/t9-/m1/s1. The number of nitrogens with zero attached hydrogens (tertiary/aromatic N) is 2. The van der Waals surface area contributed by atoms with E-state index in [0.29, 0.717) is 0 Å². The second-order valence-electron chi connectivity index (χ2n) is 5.00. The maximum Gasteiger partial charge on any atom is 0.230 e. The average Bonchev–Trinajstić information content (AvgIpc) is 3.08. The number of nitrogens with two attached hydrogens (primary N) is 1. The minimum atomic E-state index is -3.71. The molecular weight excluding hydrogens is 368 g/mol. The Bertz CT molecular complexity index is 807. The van der Waals surface area contributed by atoms with Gasteiger partial charge in [0.2, 0.25) is 15.7 Å². The molecule has 2 heterocycles. The molecule has 1 amide bonds. The van der Waals surface area contributed by atoms with E-state index in [0.717, 1.165) is 29.5 Å². The molecular formula is C14H18N4O3S3. The number of nitrogen functional groups attached to an aromatic ring is 1. The van der Waals surface area contributed by atoms with Crippen molar-refractivity contribution in [1.82, 2.24) is 15.3 Å². The Hall–Kier alpha value is -1.65. The number of nitrogens with one attached hydrogen (secondary N) is 1. The topological polar surface area (TPSA) is 115 Å². The van der Waals surface area contributed by atoms with Crippen molar-refractivity contribution in [2.45, 2.75) is 40.6 Å². The first-order valence-electron chi connectivity index (χ1n) is 7.17. The van der Waals surface area contributed by atoms with Crippen molar-refractivity contribution in [1.29, 1.82) is 0 Å². The first kappa shape index (κ1) is 18.7. The molecule has 0 fully saturated rings. The molecule has 7 nitrogen and oxygen atoms in total. The normalized spacial score (nSPS) is 12.8. The summed E-state index contributed by atoms with van der Waals surface area (Å²) in [6, 6.07) is 3.25. The predicted molar refractivity (Wildman–Crippen MR) is 94.8 cm³/mol. The zero-order valence-corrected chi connectivity index (χ0v) is 15.7. The molecule has 1 atom stereocenters. The lowest BCUT2D eigenvalue weighted by molar-refractivity contribution is -0.119. The molecule has 3 N–H and O–H groups in total. The molecule has 2 aromatic heterocycles. The molecule has 2 rings (SSSR count). The van der Waals surface area contributed by atoms with Crippen molar-refractivity contribution in [2.75, 3.05) is 11.5 Å². The van der Waals surface area contributed by atoms with Crippen molar-refractivity contribution >= 4 is 44.7 Å². The van der Waals surface area contributed by atoms with Crippen molar-refractivity contribution in [3.8, 4) is 0 Å². The van der Waals surface area contributed by atoms with E-state index in [1.807, 2.05) is 13.8 Å². The Morgan fingerprint density at radius 2 is 2.25 bits per heavy atom. The maximum absolute atomic E-state index is 12.4. The number of hydrogen-bond donors (Lipinski definition) is 2. The van der Waals surface area contributed by atoms with Crippen LogP contribution in [0.25, 0.3) is 0 Å². The Balaban J connectivity index is 2.09. The number of thioether (sulfide) groups is 1. The summed E-state index contributed by atoms with van der Waals surface area (Å²) in [7, 11) is -3.71. The summed E-state index contributed by atoms with van der Waals surface area (Å²) in [6.45, 7) is 3.90. The van der Waals surface area contributed by atoms with Gasteiger partial charge < -0.3 is 11.1 Å². The van der Waals surface area contributed by atoms with Gasteiger partial charge in [0.15, 0.2) is 5.16 Å². The molecule has 130 valence electrons. The van der Waals surface area contributed by atoms with Gasteiger partial charge in [-0.1, -0.05) is 24.8 Å². The summed E-state index contributed by atoms with van der Waals surface area (Å²) in [5.74, 6) is -0.115. The first-order chi connectivity index (χ1) is 11.3. The van der Waals surface area contributed by atoms with Gasteiger partial charge in [0.25, 0.3) is 0 Å².